The van der Waals surface area contributed by atoms with Gasteiger partial charge in [-0.2, -0.15) is 0 Å². The van der Waals surface area contributed by atoms with Gasteiger partial charge < -0.3 is 9.47 Å². The second kappa shape index (κ2) is 39.9. The summed E-state index contributed by atoms with van der Waals surface area (Å²) in [6, 6.07) is 0. The zero-order valence-electron chi connectivity index (χ0n) is 30.8. The van der Waals surface area contributed by atoms with E-state index < -0.39 is 0 Å². The fourth-order valence-corrected chi connectivity index (χ4v) is 5.68. The van der Waals surface area contributed by atoms with E-state index in [1.807, 2.05) is 0 Å². The lowest BCUT2D eigenvalue weighted by atomic mass is 10.1. The Morgan fingerprint density at radius 3 is 1.20 bits per heavy atom. The molecule has 0 radical (unpaired) electrons. The van der Waals surface area contributed by atoms with Gasteiger partial charge in [-0.25, -0.2) is 0 Å². The molecule has 0 aromatic carbocycles. The summed E-state index contributed by atoms with van der Waals surface area (Å²) in [4.78, 5) is 24.6. The number of unbranched alkanes of at least 4 members (excludes halogenated alkanes) is 22. The molecule has 0 aliphatic rings. The van der Waals surface area contributed by atoms with Crippen molar-refractivity contribution in [1.29, 1.82) is 0 Å². The van der Waals surface area contributed by atoms with Crippen LogP contribution < -0.4 is 0 Å². The van der Waals surface area contributed by atoms with E-state index in [1.165, 1.54) is 141 Å². The second-order valence-corrected chi connectivity index (χ2v) is 13.3. The third-order valence-corrected chi connectivity index (χ3v) is 8.62. The van der Waals surface area contributed by atoms with Crippen LogP contribution in [0.25, 0.3) is 0 Å². The Hall–Kier alpha value is -1.29. The Balaban J connectivity index is 0. The van der Waals surface area contributed by atoms with Gasteiger partial charge in [-0.1, -0.05) is 154 Å². The molecule has 0 spiro atoms. The third kappa shape index (κ3) is 37.2. The first kappa shape index (κ1) is 46.8. The number of hydrogen-bond acceptors (Lipinski definition) is 4. The summed E-state index contributed by atoms with van der Waals surface area (Å²) in [6.45, 7) is 6.79. The lowest BCUT2D eigenvalue weighted by Crippen LogP contribution is -2.25. The first-order valence-electron chi connectivity index (χ1n) is 19.8. The normalized spacial score (nSPS) is 12.1. The molecule has 0 aromatic rings. The number of carbonyl (C=O) groups excluding carboxylic acids is 2. The van der Waals surface area contributed by atoms with Crippen molar-refractivity contribution in [2.24, 2.45) is 0 Å². The van der Waals surface area contributed by atoms with Gasteiger partial charge in [-0.05, 0) is 70.6 Å². The predicted octanol–water partition coefficient (Wildman–Crippen LogP) is 13.7. The van der Waals surface area contributed by atoms with Crippen LogP contribution >= 0.6 is 12.4 Å². The summed E-state index contributed by atoms with van der Waals surface area (Å²) in [7, 11) is 0. The SMILES string of the molecule is CCCCCCCC/C=C\CCCCCCCC(=O)OCC(CCC)OC(=O)CCCCCCC/C=C\CCCCCCCC.Cl. The summed E-state index contributed by atoms with van der Waals surface area (Å²) in [6.07, 6.45) is 44.0. The fraction of sp³-hybridized carbons (Fsp3) is 0.854. The molecule has 0 amide bonds. The van der Waals surface area contributed by atoms with Gasteiger partial charge in [0.15, 0.2) is 0 Å². The van der Waals surface area contributed by atoms with Crippen molar-refractivity contribution < 1.29 is 19.1 Å². The van der Waals surface area contributed by atoms with E-state index in [2.05, 4.69) is 45.1 Å². The number of ether oxygens (including phenoxy) is 2. The average Bonchev–Trinajstić information content (AvgIpc) is 3.03. The number of esters is 2. The van der Waals surface area contributed by atoms with E-state index in [4.69, 9.17) is 9.47 Å². The molecule has 0 saturated heterocycles. The maximum absolute atomic E-state index is 12.4. The zero-order chi connectivity index (χ0) is 32.9. The fourth-order valence-electron chi connectivity index (χ4n) is 5.68. The second-order valence-electron chi connectivity index (χ2n) is 13.3. The third-order valence-electron chi connectivity index (χ3n) is 8.62. The van der Waals surface area contributed by atoms with Crippen molar-refractivity contribution in [3.05, 3.63) is 24.3 Å². The average molecular weight is 670 g/mol. The van der Waals surface area contributed by atoms with Gasteiger partial charge >= 0.3 is 11.9 Å². The largest absolute Gasteiger partial charge is 0.462 e. The molecule has 1 atom stereocenters. The van der Waals surface area contributed by atoms with E-state index in [0.717, 1.165) is 38.5 Å². The van der Waals surface area contributed by atoms with Crippen molar-refractivity contribution >= 4 is 24.3 Å². The highest BCUT2D eigenvalue weighted by Gasteiger charge is 2.16. The lowest BCUT2D eigenvalue weighted by Gasteiger charge is -2.17. The number of halogens is 1. The smallest absolute Gasteiger partial charge is 0.306 e. The maximum atomic E-state index is 12.4. The number of rotatable bonds is 35. The molecule has 0 saturated carbocycles. The highest BCUT2D eigenvalue weighted by molar-refractivity contribution is 5.85. The standard InChI is InChI=1S/C41H76O4.ClH/c1-4-7-9-11-13-15-17-19-21-23-25-27-29-31-33-36-40(42)44-38-39(35-6-3)45-41(43)37-34-32-30-28-26-24-22-20-18-16-14-12-10-8-5-2;/h19-22,39H,4-18,23-38H2,1-3H3;1H/b21-19-,22-20-;. The summed E-state index contributed by atoms with van der Waals surface area (Å²) >= 11 is 0. The van der Waals surface area contributed by atoms with Gasteiger partial charge in [0.1, 0.15) is 12.7 Å². The Labute approximate surface area is 293 Å². The van der Waals surface area contributed by atoms with E-state index in [-0.39, 0.29) is 37.1 Å². The minimum Gasteiger partial charge on any atom is -0.462 e. The van der Waals surface area contributed by atoms with E-state index in [9.17, 15) is 9.59 Å². The Morgan fingerprint density at radius 2 is 0.804 bits per heavy atom. The minimum absolute atomic E-state index is 0. The molecular weight excluding hydrogens is 592 g/mol. The van der Waals surface area contributed by atoms with E-state index >= 15 is 0 Å². The van der Waals surface area contributed by atoms with Gasteiger partial charge in [0.25, 0.3) is 0 Å². The first-order chi connectivity index (χ1) is 22.1. The zero-order valence-corrected chi connectivity index (χ0v) is 31.7. The summed E-state index contributed by atoms with van der Waals surface area (Å²) < 4.78 is 11.1. The summed E-state index contributed by atoms with van der Waals surface area (Å²) in [5, 5.41) is 0. The molecule has 0 bridgehead atoms. The summed E-state index contributed by atoms with van der Waals surface area (Å²) in [5.74, 6) is -0.318. The molecular formula is C41H77ClO4. The molecule has 0 rings (SSSR count). The minimum atomic E-state index is -0.316. The van der Waals surface area contributed by atoms with Gasteiger partial charge in [0.2, 0.25) is 0 Å². The Morgan fingerprint density at radius 1 is 0.457 bits per heavy atom. The van der Waals surface area contributed by atoms with Crippen molar-refractivity contribution in [3.63, 3.8) is 0 Å². The first-order valence-corrected chi connectivity index (χ1v) is 19.8. The van der Waals surface area contributed by atoms with Crippen LogP contribution in [0.4, 0.5) is 0 Å². The maximum Gasteiger partial charge on any atom is 0.306 e. The highest BCUT2D eigenvalue weighted by atomic mass is 35.5. The summed E-state index contributed by atoms with van der Waals surface area (Å²) in [5.41, 5.74) is 0. The topological polar surface area (TPSA) is 52.6 Å². The van der Waals surface area contributed by atoms with Crippen LogP contribution in [0, 0.1) is 0 Å². The van der Waals surface area contributed by atoms with Crippen LogP contribution in [0.1, 0.15) is 213 Å². The molecule has 46 heavy (non-hydrogen) atoms. The lowest BCUT2D eigenvalue weighted by molar-refractivity contribution is -0.159. The number of allylic oxidation sites excluding steroid dienone is 4. The molecule has 272 valence electrons. The van der Waals surface area contributed by atoms with Gasteiger partial charge in [-0.15, -0.1) is 12.4 Å². The van der Waals surface area contributed by atoms with Crippen molar-refractivity contribution in [3.8, 4) is 0 Å². The van der Waals surface area contributed by atoms with E-state index in [1.54, 1.807) is 0 Å². The monoisotopic (exact) mass is 669 g/mol. The van der Waals surface area contributed by atoms with Crippen LogP contribution in [0.15, 0.2) is 24.3 Å². The molecule has 0 heterocycles. The molecule has 0 fully saturated rings. The Bertz CT molecular complexity index is 690. The van der Waals surface area contributed by atoms with Gasteiger partial charge in [-0.3, -0.25) is 9.59 Å². The van der Waals surface area contributed by atoms with Crippen LogP contribution in [0.3, 0.4) is 0 Å². The van der Waals surface area contributed by atoms with Crippen molar-refractivity contribution in [2.45, 2.75) is 219 Å². The molecule has 4 nitrogen and oxygen atoms in total. The quantitative estimate of drug-likeness (QED) is 0.0383. The molecule has 5 heteroatoms. The molecule has 0 aliphatic carbocycles. The molecule has 0 aliphatic heterocycles. The molecule has 1 unspecified atom stereocenters. The highest BCUT2D eigenvalue weighted by Crippen LogP contribution is 2.13. The number of carbonyl (C=O) groups is 2. The van der Waals surface area contributed by atoms with E-state index in [0.29, 0.717) is 12.8 Å². The Kier molecular flexibility index (Phi) is 40.6. The van der Waals surface area contributed by atoms with Gasteiger partial charge in [0, 0.05) is 12.8 Å². The molecule has 0 aromatic heterocycles. The van der Waals surface area contributed by atoms with Gasteiger partial charge in [0.05, 0.1) is 0 Å². The van der Waals surface area contributed by atoms with Crippen LogP contribution in [0.2, 0.25) is 0 Å². The molecule has 0 N–H and O–H groups in total. The number of hydrogen-bond donors (Lipinski definition) is 0. The predicted molar refractivity (Wildman–Crippen MR) is 202 cm³/mol. The van der Waals surface area contributed by atoms with Crippen molar-refractivity contribution in [1.82, 2.24) is 0 Å². The van der Waals surface area contributed by atoms with Crippen LogP contribution in [-0.2, 0) is 19.1 Å². The van der Waals surface area contributed by atoms with Crippen LogP contribution in [0.5, 0.6) is 0 Å². The van der Waals surface area contributed by atoms with Crippen molar-refractivity contribution in [2.75, 3.05) is 6.61 Å². The van der Waals surface area contributed by atoms with Crippen LogP contribution in [-0.4, -0.2) is 24.6 Å².